The van der Waals surface area contributed by atoms with Crippen LogP contribution in [-0.2, 0) is 0 Å². The number of amides is 1. The molecule has 4 nitrogen and oxygen atoms in total. The number of benzene rings is 2. The van der Waals surface area contributed by atoms with Gasteiger partial charge in [0.2, 0.25) is 0 Å². The number of para-hydroxylation sites is 2. The number of aryl methyl sites for hydroxylation is 1. The molecule has 2 aromatic rings. The fourth-order valence-electron chi connectivity index (χ4n) is 2.11. The number of hydrogen-bond donors (Lipinski definition) is 1. The molecule has 0 aliphatic rings. The van der Waals surface area contributed by atoms with Crippen molar-refractivity contribution >= 4 is 5.91 Å². The summed E-state index contributed by atoms with van der Waals surface area (Å²) in [5.74, 6) is 1.23. The second-order valence-corrected chi connectivity index (χ2v) is 5.15. The van der Waals surface area contributed by atoms with Crippen LogP contribution in [0.25, 0.3) is 0 Å². The molecule has 0 heterocycles. The highest BCUT2D eigenvalue weighted by Crippen LogP contribution is 2.18. The van der Waals surface area contributed by atoms with Crippen molar-refractivity contribution in [1.82, 2.24) is 5.32 Å². The predicted molar refractivity (Wildman–Crippen MR) is 86.6 cm³/mol. The average molecular weight is 299 g/mol. The monoisotopic (exact) mass is 299 g/mol. The van der Waals surface area contributed by atoms with Crippen LogP contribution in [0.4, 0.5) is 0 Å². The molecular weight excluding hydrogens is 278 g/mol. The van der Waals surface area contributed by atoms with E-state index in [0.29, 0.717) is 17.9 Å². The molecule has 0 aliphatic heterocycles. The largest absolute Gasteiger partial charge is 0.496 e. The summed E-state index contributed by atoms with van der Waals surface area (Å²) in [6.07, 6.45) is 0. The van der Waals surface area contributed by atoms with Gasteiger partial charge in [0.1, 0.15) is 18.1 Å². The fraction of sp³-hybridized carbons (Fsp3) is 0.278. The van der Waals surface area contributed by atoms with E-state index >= 15 is 0 Å². The molecule has 0 saturated carbocycles. The Labute approximate surface area is 131 Å². The predicted octanol–water partition coefficient (Wildman–Crippen LogP) is 3.20. The lowest BCUT2D eigenvalue weighted by Gasteiger charge is -2.17. The SMILES string of the molecule is COc1ccccc1C(=O)NC(C)COc1ccccc1C. The van der Waals surface area contributed by atoms with Crippen LogP contribution in [0.1, 0.15) is 22.8 Å². The van der Waals surface area contributed by atoms with Gasteiger partial charge >= 0.3 is 0 Å². The highest BCUT2D eigenvalue weighted by molar-refractivity contribution is 5.97. The molecule has 0 saturated heterocycles. The van der Waals surface area contributed by atoms with Gasteiger partial charge in [0.25, 0.3) is 5.91 Å². The van der Waals surface area contributed by atoms with Gasteiger partial charge in [0.05, 0.1) is 18.7 Å². The normalized spacial score (nSPS) is 11.6. The summed E-state index contributed by atoms with van der Waals surface area (Å²) in [7, 11) is 1.55. The van der Waals surface area contributed by atoms with E-state index in [1.54, 1.807) is 19.2 Å². The first-order valence-electron chi connectivity index (χ1n) is 7.24. The summed E-state index contributed by atoms with van der Waals surface area (Å²) in [6.45, 7) is 4.31. The van der Waals surface area contributed by atoms with Gasteiger partial charge in [-0.15, -0.1) is 0 Å². The standard InChI is InChI=1S/C18H21NO3/c1-13-8-4-6-10-16(13)22-12-14(2)19-18(20)15-9-5-7-11-17(15)21-3/h4-11,14H,12H2,1-3H3,(H,19,20). The summed E-state index contributed by atoms with van der Waals surface area (Å²) < 4.78 is 10.9. The quantitative estimate of drug-likeness (QED) is 0.891. The molecule has 4 heteroatoms. The van der Waals surface area contributed by atoms with E-state index in [2.05, 4.69) is 5.32 Å². The lowest BCUT2D eigenvalue weighted by atomic mass is 10.1. The summed E-state index contributed by atoms with van der Waals surface area (Å²) in [6, 6.07) is 14.9. The molecule has 0 bridgehead atoms. The Morgan fingerprint density at radius 1 is 1.09 bits per heavy atom. The lowest BCUT2D eigenvalue weighted by molar-refractivity contribution is 0.0923. The highest BCUT2D eigenvalue weighted by atomic mass is 16.5. The first kappa shape index (κ1) is 15.9. The van der Waals surface area contributed by atoms with E-state index in [0.717, 1.165) is 11.3 Å². The summed E-state index contributed by atoms with van der Waals surface area (Å²) in [5, 5.41) is 2.92. The number of hydrogen-bond acceptors (Lipinski definition) is 3. The Bertz CT molecular complexity index is 640. The Kier molecular flexibility index (Phi) is 5.42. The molecular formula is C18H21NO3. The van der Waals surface area contributed by atoms with Crippen LogP contribution in [0.3, 0.4) is 0 Å². The minimum Gasteiger partial charge on any atom is -0.496 e. The molecule has 1 atom stereocenters. The zero-order valence-electron chi connectivity index (χ0n) is 13.1. The molecule has 2 rings (SSSR count). The zero-order chi connectivity index (χ0) is 15.9. The first-order valence-corrected chi connectivity index (χ1v) is 7.24. The van der Waals surface area contributed by atoms with E-state index in [9.17, 15) is 4.79 Å². The molecule has 0 aliphatic carbocycles. The van der Waals surface area contributed by atoms with Crippen LogP contribution in [0.2, 0.25) is 0 Å². The zero-order valence-corrected chi connectivity index (χ0v) is 13.1. The Morgan fingerprint density at radius 3 is 2.41 bits per heavy atom. The number of methoxy groups -OCH3 is 1. The number of carbonyl (C=O) groups is 1. The van der Waals surface area contributed by atoms with Crippen molar-refractivity contribution < 1.29 is 14.3 Å². The van der Waals surface area contributed by atoms with Crippen molar-refractivity contribution in [3.8, 4) is 11.5 Å². The van der Waals surface area contributed by atoms with Crippen molar-refractivity contribution in [2.75, 3.05) is 13.7 Å². The maximum atomic E-state index is 12.3. The maximum Gasteiger partial charge on any atom is 0.255 e. The van der Waals surface area contributed by atoms with Gasteiger partial charge in [-0.2, -0.15) is 0 Å². The number of carbonyl (C=O) groups excluding carboxylic acids is 1. The number of nitrogens with one attached hydrogen (secondary N) is 1. The highest BCUT2D eigenvalue weighted by Gasteiger charge is 2.14. The van der Waals surface area contributed by atoms with Crippen molar-refractivity contribution in [1.29, 1.82) is 0 Å². The molecule has 0 spiro atoms. The van der Waals surface area contributed by atoms with Crippen LogP contribution in [0.15, 0.2) is 48.5 Å². The van der Waals surface area contributed by atoms with E-state index in [1.165, 1.54) is 0 Å². The van der Waals surface area contributed by atoms with Crippen molar-refractivity contribution in [2.45, 2.75) is 19.9 Å². The van der Waals surface area contributed by atoms with Crippen LogP contribution in [-0.4, -0.2) is 25.7 Å². The minimum atomic E-state index is -0.168. The Morgan fingerprint density at radius 2 is 1.73 bits per heavy atom. The topological polar surface area (TPSA) is 47.6 Å². The Balaban J connectivity index is 1.93. The maximum absolute atomic E-state index is 12.3. The van der Waals surface area contributed by atoms with Crippen molar-refractivity contribution in [3.05, 3.63) is 59.7 Å². The molecule has 1 amide bonds. The van der Waals surface area contributed by atoms with Crippen LogP contribution < -0.4 is 14.8 Å². The smallest absolute Gasteiger partial charge is 0.255 e. The lowest BCUT2D eigenvalue weighted by Crippen LogP contribution is -2.37. The summed E-state index contributed by atoms with van der Waals surface area (Å²) >= 11 is 0. The summed E-state index contributed by atoms with van der Waals surface area (Å²) in [4.78, 5) is 12.3. The molecule has 22 heavy (non-hydrogen) atoms. The van der Waals surface area contributed by atoms with Crippen LogP contribution in [0.5, 0.6) is 11.5 Å². The third kappa shape index (κ3) is 4.01. The van der Waals surface area contributed by atoms with Crippen molar-refractivity contribution in [3.63, 3.8) is 0 Å². The van der Waals surface area contributed by atoms with E-state index in [-0.39, 0.29) is 11.9 Å². The van der Waals surface area contributed by atoms with Gasteiger partial charge in [-0.05, 0) is 37.6 Å². The molecule has 1 N–H and O–H groups in total. The van der Waals surface area contributed by atoms with E-state index in [1.807, 2.05) is 50.2 Å². The molecule has 0 aromatic heterocycles. The van der Waals surface area contributed by atoms with Gasteiger partial charge in [0.15, 0.2) is 0 Å². The minimum absolute atomic E-state index is 0.114. The second-order valence-electron chi connectivity index (χ2n) is 5.15. The second kappa shape index (κ2) is 7.50. The van der Waals surface area contributed by atoms with Crippen molar-refractivity contribution in [2.24, 2.45) is 0 Å². The van der Waals surface area contributed by atoms with Gasteiger partial charge in [-0.3, -0.25) is 4.79 Å². The third-order valence-corrected chi connectivity index (χ3v) is 3.31. The third-order valence-electron chi connectivity index (χ3n) is 3.31. The number of rotatable bonds is 6. The molecule has 0 fully saturated rings. The summed E-state index contributed by atoms with van der Waals surface area (Å²) in [5.41, 5.74) is 1.60. The van der Waals surface area contributed by atoms with Crippen LogP contribution >= 0.6 is 0 Å². The van der Waals surface area contributed by atoms with E-state index in [4.69, 9.17) is 9.47 Å². The molecule has 116 valence electrons. The van der Waals surface area contributed by atoms with Gasteiger partial charge in [-0.1, -0.05) is 30.3 Å². The van der Waals surface area contributed by atoms with Gasteiger partial charge < -0.3 is 14.8 Å². The van der Waals surface area contributed by atoms with Gasteiger partial charge in [0, 0.05) is 0 Å². The molecule has 1 unspecified atom stereocenters. The van der Waals surface area contributed by atoms with Crippen LogP contribution in [0, 0.1) is 6.92 Å². The molecule has 0 radical (unpaired) electrons. The average Bonchev–Trinajstić information content (AvgIpc) is 2.54. The fourth-order valence-corrected chi connectivity index (χ4v) is 2.11. The Hall–Kier alpha value is -2.49. The van der Waals surface area contributed by atoms with E-state index < -0.39 is 0 Å². The number of ether oxygens (including phenoxy) is 2. The first-order chi connectivity index (χ1) is 10.6. The van der Waals surface area contributed by atoms with Gasteiger partial charge in [-0.25, -0.2) is 0 Å². The molecule has 2 aromatic carbocycles.